The Hall–Kier alpha value is -3.67. The molecule has 36 heteroatoms. The number of aliphatic hydroxyl groups is 7. The second kappa shape index (κ2) is 25.8. The molecule has 20 atom stereocenters. The van der Waals surface area contributed by atoms with E-state index in [0.29, 0.717) is 25.7 Å². The third-order valence-electron chi connectivity index (χ3n) is 10.8. The first-order valence-corrected chi connectivity index (χ1v) is 23.6. The molecule has 0 unspecified atom stereocenters. The maximum absolute atomic E-state index is 12.8. The summed E-state index contributed by atoms with van der Waals surface area (Å²) >= 11 is 0. The average molecular weight is 1060 g/mol. The fourth-order valence-corrected chi connectivity index (χ4v) is 8.20. The largest absolute Gasteiger partial charge is 0.479 e. The lowest BCUT2D eigenvalue weighted by Crippen LogP contribution is -2.71. The van der Waals surface area contributed by atoms with Gasteiger partial charge in [0, 0.05) is 31.9 Å². The first kappa shape index (κ1) is 58.9. The molecule has 4 heterocycles. The zero-order valence-electron chi connectivity index (χ0n) is 36.6. The molecule has 4 aliphatic rings. The Kier molecular flexibility index (Phi) is 21.7. The molecule has 0 aliphatic carbocycles. The van der Waals surface area contributed by atoms with Gasteiger partial charge in [-0.05, 0) is 18.4 Å². The number of carboxylic acids is 2. The van der Waals surface area contributed by atoms with Crippen LogP contribution in [0.2, 0.25) is 0 Å². The zero-order valence-corrected chi connectivity index (χ0v) is 38.3. The number of aliphatic hydroxyl groups excluding tert-OH is 7. The summed E-state index contributed by atoms with van der Waals surface area (Å²) in [4.78, 5) is 52.3. The van der Waals surface area contributed by atoms with Crippen LogP contribution in [0.15, 0.2) is 5.11 Å². The number of aliphatic carboxylic acids is 2. The van der Waals surface area contributed by atoms with Crippen molar-refractivity contribution < 1.29 is 137 Å². The molecule has 70 heavy (non-hydrogen) atoms. The van der Waals surface area contributed by atoms with E-state index in [1.165, 1.54) is 0 Å². The molecule has 0 aromatic heterocycles. The number of rotatable bonds is 24. The van der Waals surface area contributed by atoms with E-state index in [2.05, 4.69) is 29.0 Å². The Bertz CT molecular complexity index is 2050. The molecule has 0 saturated carbocycles. The standard InChI is InChI=1S/C34H55N5O29S2/c1-11(40)37-15-24(17(42)13(9-60-69(53,54)55)62-31(15)59-8-6-4-3-5-7-36-39-35)64-34-23(48)21(46)26(28(68-34)30(51)52)66-32-16(38-12(2)41)25(18(43)14(63-32)10-61-70(56,57)58)65-33-22(47)19(44)20(45)27(67-33)29(49)50/h13-28,31-34,42-48H,3-10H2,1-2H3,(H,37,40)(H,38,41)(H,49,50)(H,51,52)(H,53,54,55)(H,56,57,58)/t13-,14-,15-,16-,17-,18-,19+,20+,21-,22-,23-,24-,25-,26+,27+,28+,31-,32+,33-,34-/m1/s1. The Morgan fingerprint density at radius 2 is 1.01 bits per heavy atom. The lowest BCUT2D eigenvalue weighted by molar-refractivity contribution is -0.369. The molecule has 402 valence electrons. The van der Waals surface area contributed by atoms with Crippen LogP contribution >= 0.6 is 0 Å². The molecule has 0 aromatic carbocycles. The molecule has 0 bridgehead atoms. The van der Waals surface area contributed by atoms with Gasteiger partial charge in [-0.1, -0.05) is 18.0 Å². The van der Waals surface area contributed by atoms with Crippen LogP contribution in [-0.4, -0.2) is 245 Å². The smallest absolute Gasteiger partial charge is 0.397 e. The van der Waals surface area contributed by atoms with Crippen molar-refractivity contribution in [2.24, 2.45) is 5.11 Å². The Balaban J connectivity index is 1.67. The van der Waals surface area contributed by atoms with Gasteiger partial charge in [-0.2, -0.15) is 16.8 Å². The number of ether oxygens (including phenoxy) is 8. The van der Waals surface area contributed by atoms with Crippen LogP contribution in [0.4, 0.5) is 0 Å². The lowest BCUT2D eigenvalue weighted by Gasteiger charge is -2.50. The van der Waals surface area contributed by atoms with Crippen molar-refractivity contribution >= 4 is 44.6 Å². The number of unbranched alkanes of at least 4 members (excludes halogenated alkanes) is 3. The molecular formula is C34H55N5O29S2. The summed E-state index contributed by atoms with van der Waals surface area (Å²) in [6.45, 7) is -0.495. The van der Waals surface area contributed by atoms with E-state index in [-0.39, 0.29) is 13.2 Å². The van der Waals surface area contributed by atoms with Crippen LogP contribution in [0.1, 0.15) is 39.5 Å². The van der Waals surface area contributed by atoms with Crippen LogP contribution in [0.25, 0.3) is 10.4 Å². The summed E-state index contributed by atoms with van der Waals surface area (Å²) in [7, 11) is -10.5. The van der Waals surface area contributed by atoms with Gasteiger partial charge in [-0.3, -0.25) is 18.7 Å². The van der Waals surface area contributed by atoms with E-state index < -0.39 is 180 Å². The van der Waals surface area contributed by atoms with Crippen LogP contribution in [0, 0.1) is 0 Å². The van der Waals surface area contributed by atoms with Gasteiger partial charge in [-0.25, -0.2) is 18.0 Å². The van der Waals surface area contributed by atoms with E-state index in [1.807, 2.05) is 0 Å². The van der Waals surface area contributed by atoms with Gasteiger partial charge in [0.25, 0.3) is 0 Å². The fraction of sp³-hybridized carbons (Fsp3) is 0.882. The maximum Gasteiger partial charge on any atom is 0.397 e. The number of carboxylic acid groups (broad SMARTS) is 2. The highest BCUT2D eigenvalue weighted by molar-refractivity contribution is 7.81. The van der Waals surface area contributed by atoms with Gasteiger partial charge in [0.2, 0.25) is 11.8 Å². The van der Waals surface area contributed by atoms with Crippen LogP contribution in [-0.2, 0) is 86.2 Å². The zero-order chi connectivity index (χ0) is 52.4. The minimum atomic E-state index is -5.34. The van der Waals surface area contributed by atoms with E-state index in [4.69, 9.17) is 43.4 Å². The molecule has 0 aromatic rings. The van der Waals surface area contributed by atoms with Gasteiger partial charge < -0.3 is 94.5 Å². The monoisotopic (exact) mass is 1060 g/mol. The average Bonchev–Trinajstić information content (AvgIpc) is 3.25. The molecule has 4 saturated heterocycles. The number of nitrogens with one attached hydrogen (secondary N) is 2. The summed E-state index contributed by atoms with van der Waals surface area (Å²) in [5, 5.41) is 105. The Morgan fingerprint density at radius 1 is 0.571 bits per heavy atom. The fourth-order valence-electron chi connectivity index (χ4n) is 7.59. The van der Waals surface area contributed by atoms with E-state index >= 15 is 0 Å². The number of carbonyl (C=O) groups is 4. The molecule has 0 spiro atoms. The Labute approximate surface area is 396 Å². The number of hydrogen-bond acceptors (Lipinski definition) is 26. The van der Waals surface area contributed by atoms with Crippen molar-refractivity contribution in [1.29, 1.82) is 0 Å². The third kappa shape index (κ3) is 16.2. The van der Waals surface area contributed by atoms with Gasteiger partial charge >= 0.3 is 32.7 Å². The number of hydrogen-bond donors (Lipinski definition) is 13. The first-order valence-electron chi connectivity index (χ1n) is 20.9. The maximum atomic E-state index is 12.8. The van der Waals surface area contributed by atoms with Crippen LogP contribution < -0.4 is 10.6 Å². The SMILES string of the molecule is CC(=O)N[C@H]1[C@H](O[C@H]2[C@H](O)[C@@H](O)[C@H](O[C@H]3[C@H](O)[C@@H](COS(=O)(=O)O)O[C@@H](OCCCCCCN=[N+]=[N-])[C@@H]3NC(C)=O)O[C@@H]2C(=O)O)O[C@H](COS(=O)(=O)O)[C@@H](O)[C@@H]1O[C@@H]1O[C@H](C(=O)O)[C@@H](O)[C@H](O)[C@H]1O. The second-order valence-electron chi connectivity index (χ2n) is 16.0. The summed E-state index contributed by atoms with van der Waals surface area (Å²) in [6.07, 6.45) is -38.2. The van der Waals surface area contributed by atoms with Crippen molar-refractivity contribution in [3.05, 3.63) is 10.4 Å². The minimum absolute atomic E-state index is 0.130. The molecule has 34 nitrogen and oxygen atoms in total. The summed E-state index contributed by atoms with van der Waals surface area (Å²) in [5.74, 6) is -5.72. The summed E-state index contributed by atoms with van der Waals surface area (Å²) in [5.41, 5.74) is 8.45. The van der Waals surface area contributed by atoms with E-state index in [1.54, 1.807) is 0 Å². The van der Waals surface area contributed by atoms with Crippen LogP contribution in [0.3, 0.4) is 0 Å². The summed E-state index contributed by atoms with van der Waals surface area (Å²) in [6, 6.07) is -3.65. The van der Waals surface area contributed by atoms with Crippen molar-refractivity contribution in [2.45, 2.75) is 162 Å². The number of nitrogens with zero attached hydrogens (tertiary/aromatic N) is 3. The number of carbonyl (C=O) groups excluding carboxylic acids is 2. The third-order valence-corrected chi connectivity index (χ3v) is 11.7. The highest BCUT2D eigenvalue weighted by Gasteiger charge is 2.58. The van der Waals surface area contributed by atoms with Crippen LogP contribution in [0.5, 0.6) is 0 Å². The highest BCUT2D eigenvalue weighted by atomic mass is 32.3. The quantitative estimate of drug-likeness (QED) is 0.0140. The van der Waals surface area contributed by atoms with E-state index in [0.717, 1.165) is 13.8 Å². The molecule has 4 rings (SSSR count). The van der Waals surface area contributed by atoms with Crippen molar-refractivity contribution in [1.82, 2.24) is 10.6 Å². The predicted molar refractivity (Wildman–Crippen MR) is 215 cm³/mol. The van der Waals surface area contributed by atoms with Gasteiger partial charge in [0.1, 0.15) is 85.3 Å². The molecule has 4 aliphatic heterocycles. The lowest BCUT2D eigenvalue weighted by atomic mass is 9.94. The van der Waals surface area contributed by atoms with Gasteiger partial charge in [0.05, 0.1) is 13.2 Å². The molecule has 2 amide bonds. The van der Waals surface area contributed by atoms with Crippen molar-refractivity contribution in [3.8, 4) is 0 Å². The first-order chi connectivity index (χ1) is 32.6. The second-order valence-corrected chi connectivity index (χ2v) is 18.1. The molecular weight excluding hydrogens is 1010 g/mol. The number of amides is 2. The molecule has 13 N–H and O–H groups in total. The minimum Gasteiger partial charge on any atom is -0.479 e. The van der Waals surface area contributed by atoms with Gasteiger partial charge in [-0.15, -0.1) is 0 Å². The molecule has 0 radical (unpaired) electrons. The predicted octanol–water partition coefficient (Wildman–Crippen LogP) is -6.73. The highest BCUT2D eigenvalue weighted by Crippen LogP contribution is 2.35. The normalized spacial score (nSPS) is 38.2. The Morgan fingerprint density at radius 3 is 1.49 bits per heavy atom. The number of azide groups is 1. The van der Waals surface area contributed by atoms with Crippen molar-refractivity contribution in [2.75, 3.05) is 26.4 Å². The topological polar surface area (TPSA) is 524 Å². The van der Waals surface area contributed by atoms with E-state index in [9.17, 15) is 91.1 Å². The van der Waals surface area contributed by atoms with Gasteiger partial charge in [0.15, 0.2) is 37.4 Å². The summed E-state index contributed by atoms with van der Waals surface area (Å²) < 4.78 is 118. The molecule has 4 fully saturated rings. The van der Waals surface area contributed by atoms with Crippen molar-refractivity contribution in [3.63, 3.8) is 0 Å².